The van der Waals surface area contributed by atoms with Crippen LogP contribution in [-0.2, 0) is 20.9 Å². The number of nitrogens with one attached hydrogen (secondary N) is 1. The van der Waals surface area contributed by atoms with Crippen molar-refractivity contribution in [3.63, 3.8) is 0 Å². The number of hydrogen-bond acceptors (Lipinski definition) is 4. The Morgan fingerprint density at radius 1 is 1.32 bits per heavy atom. The van der Waals surface area contributed by atoms with Gasteiger partial charge in [-0.2, -0.15) is 0 Å². The summed E-state index contributed by atoms with van der Waals surface area (Å²) in [5.74, 6) is -0.619. The highest BCUT2D eigenvalue weighted by Crippen LogP contribution is 2.32. The van der Waals surface area contributed by atoms with Gasteiger partial charge in [-0.15, -0.1) is 0 Å². The predicted molar refractivity (Wildman–Crippen MR) is 111 cm³/mol. The molecule has 0 aromatic heterocycles. The molecular weight excluding hydrogens is 424 g/mol. The fraction of sp³-hybridized carbons (Fsp3) is 0.333. The normalized spacial score (nSPS) is 16.6. The molecule has 1 aliphatic rings. The van der Waals surface area contributed by atoms with E-state index in [-0.39, 0.29) is 36.7 Å². The van der Waals surface area contributed by atoms with Gasteiger partial charge in [0.25, 0.3) is 0 Å². The molecule has 2 aromatic carbocycles. The Labute approximate surface area is 172 Å². The second-order valence-electron chi connectivity index (χ2n) is 7.05. The highest BCUT2D eigenvalue weighted by molar-refractivity contribution is 9.10. The Kier molecular flexibility index (Phi) is 6.36. The number of hydrogen-bond donors (Lipinski definition) is 2. The first-order valence-electron chi connectivity index (χ1n) is 9.14. The fourth-order valence-corrected chi connectivity index (χ4v) is 3.57. The van der Waals surface area contributed by atoms with Crippen LogP contribution in [-0.4, -0.2) is 29.6 Å². The number of rotatable bonds is 6. The van der Waals surface area contributed by atoms with E-state index < -0.39 is 5.92 Å². The van der Waals surface area contributed by atoms with E-state index >= 15 is 0 Å². The Hall–Kier alpha value is -2.38. The second-order valence-corrected chi connectivity index (χ2v) is 7.90. The molecule has 1 saturated heterocycles. The van der Waals surface area contributed by atoms with E-state index in [1.807, 2.05) is 38.1 Å². The SMILES string of the molecule is CC(C)OCc1cc(NC(=O)[C@@H]2CC(=O)N(c3ccccc3Br)C2)ccc1O. The number of phenols is 1. The molecule has 1 fully saturated rings. The summed E-state index contributed by atoms with van der Waals surface area (Å²) in [6.07, 6.45) is 0.194. The molecular formula is C21H23BrN2O4. The molecule has 6 nitrogen and oxygen atoms in total. The van der Waals surface area contributed by atoms with E-state index in [9.17, 15) is 14.7 Å². The minimum absolute atomic E-state index is 0.0328. The van der Waals surface area contributed by atoms with Gasteiger partial charge in [-0.25, -0.2) is 0 Å². The van der Waals surface area contributed by atoms with Crippen molar-refractivity contribution in [2.24, 2.45) is 5.92 Å². The van der Waals surface area contributed by atoms with E-state index in [0.717, 1.165) is 10.2 Å². The highest BCUT2D eigenvalue weighted by atomic mass is 79.9. The topological polar surface area (TPSA) is 78.9 Å². The largest absolute Gasteiger partial charge is 0.508 e. The Balaban J connectivity index is 1.68. The van der Waals surface area contributed by atoms with Crippen LogP contribution in [0.1, 0.15) is 25.8 Å². The third kappa shape index (κ3) is 4.72. The molecule has 3 rings (SSSR count). The van der Waals surface area contributed by atoms with Gasteiger partial charge in [0.2, 0.25) is 11.8 Å². The van der Waals surface area contributed by atoms with Gasteiger partial charge in [-0.3, -0.25) is 9.59 Å². The summed E-state index contributed by atoms with van der Waals surface area (Å²) < 4.78 is 6.35. The van der Waals surface area contributed by atoms with Crippen LogP contribution in [0.5, 0.6) is 5.75 Å². The number of amides is 2. The van der Waals surface area contributed by atoms with E-state index in [1.54, 1.807) is 17.0 Å². The lowest BCUT2D eigenvalue weighted by Gasteiger charge is -2.18. The molecule has 2 amide bonds. The van der Waals surface area contributed by atoms with Gasteiger partial charge >= 0.3 is 0 Å². The standard InChI is InChI=1S/C21H23BrN2O4/c1-13(2)28-12-15-9-16(7-8-19(15)25)23-21(27)14-10-20(26)24(11-14)18-6-4-3-5-17(18)22/h3-9,13-14,25H,10-12H2,1-2H3,(H,23,27)/t14-/m1/s1. The Bertz CT molecular complexity index is 884. The lowest BCUT2D eigenvalue weighted by atomic mass is 10.1. The summed E-state index contributed by atoms with van der Waals surface area (Å²) in [7, 11) is 0. The van der Waals surface area contributed by atoms with Crippen LogP contribution in [0.25, 0.3) is 0 Å². The first-order chi connectivity index (χ1) is 13.3. The molecule has 2 N–H and O–H groups in total. The van der Waals surface area contributed by atoms with Crippen LogP contribution in [0, 0.1) is 5.92 Å². The molecule has 1 aliphatic heterocycles. The average molecular weight is 447 g/mol. The van der Waals surface area contributed by atoms with Crippen LogP contribution in [0.4, 0.5) is 11.4 Å². The molecule has 28 heavy (non-hydrogen) atoms. The van der Waals surface area contributed by atoms with Crippen molar-refractivity contribution in [1.82, 2.24) is 0 Å². The van der Waals surface area contributed by atoms with Gasteiger partial charge in [-0.1, -0.05) is 12.1 Å². The van der Waals surface area contributed by atoms with Gasteiger partial charge in [0.15, 0.2) is 0 Å². The number of para-hydroxylation sites is 1. The first kappa shape index (κ1) is 20.4. The zero-order chi connectivity index (χ0) is 20.3. The van der Waals surface area contributed by atoms with Gasteiger partial charge in [0.05, 0.1) is 24.3 Å². The molecule has 2 aromatic rings. The zero-order valence-corrected chi connectivity index (χ0v) is 17.4. The van der Waals surface area contributed by atoms with Gasteiger partial charge in [0.1, 0.15) is 5.75 Å². The number of anilines is 2. The smallest absolute Gasteiger partial charge is 0.229 e. The van der Waals surface area contributed by atoms with Crippen molar-refractivity contribution in [3.05, 3.63) is 52.5 Å². The molecule has 7 heteroatoms. The number of halogens is 1. The molecule has 1 atom stereocenters. The number of benzene rings is 2. The molecule has 0 saturated carbocycles. The molecule has 0 spiro atoms. The fourth-order valence-electron chi connectivity index (χ4n) is 3.07. The predicted octanol–water partition coefficient (Wildman–Crippen LogP) is 4.07. The number of phenolic OH excluding ortho intramolecular Hbond substituents is 1. The highest BCUT2D eigenvalue weighted by Gasteiger charge is 2.35. The number of aromatic hydroxyl groups is 1. The third-order valence-corrected chi connectivity index (χ3v) is 5.23. The van der Waals surface area contributed by atoms with Gasteiger partial charge in [-0.05, 0) is 60.1 Å². The van der Waals surface area contributed by atoms with Crippen molar-refractivity contribution < 1.29 is 19.4 Å². The van der Waals surface area contributed by atoms with Crippen LogP contribution < -0.4 is 10.2 Å². The lowest BCUT2D eigenvalue weighted by molar-refractivity contribution is -0.122. The number of nitrogens with zero attached hydrogens (tertiary/aromatic N) is 1. The van der Waals surface area contributed by atoms with E-state index in [1.165, 1.54) is 6.07 Å². The van der Waals surface area contributed by atoms with Crippen molar-refractivity contribution in [1.29, 1.82) is 0 Å². The van der Waals surface area contributed by atoms with Gasteiger partial charge < -0.3 is 20.1 Å². The summed E-state index contributed by atoms with van der Waals surface area (Å²) >= 11 is 3.45. The van der Waals surface area contributed by atoms with E-state index in [2.05, 4.69) is 21.2 Å². The number of ether oxygens (including phenoxy) is 1. The van der Waals surface area contributed by atoms with Crippen molar-refractivity contribution in [3.8, 4) is 5.75 Å². The van der Waals surface area contributed by atoms with E-state index in [0.29, 0.717) is 17.8 Å². The minimum Gasteiger partial charge on any atom is -0.508 e. The summed E-state index contributed by atoms with van der Waals surface area (Å²) in [5, 5.41) is 12.8. The minimum atomic E-state index is -0.441. The molecule has 0 unspecified atom stereocenters. The third-order valence-electron chi connectivity index (χ3n) is 4.56. The van der Waals surface area contributed by atoms with Crippen LogP contribution >= 0.6 is 15.9 Å². The monoisotopic (exact) mass is 446 g/mol. The molecule has 1 heterocycles. The maximum absolute atomic E-state index is 12.7. The second kappa shape index (κ2) is 8.75. The van der Waals surface area contributed by atoms with Crippen LogP contribution in [0.3, 0.4) is 0 Å². The number of carbonyl (C=O) groups is 2. The van der Waals surface area contributed by atoms with Crippen LogP contribution in [0.2, 0.25) is 0 Å². The average Bonchev–Trinajstić information content (AvgIpc) is 3.04. The number of carbonyl (C=O) groups excluding carboxylic acids is 2. The Morgan fingerprint density at radius 3 is 2.79 bits per heavy atom. The Morgan fingerprint density at radius 2 is 2.07 bits per heavy atom. The molecule has 0 radical (unpaired) electrons. The lowest BCUT2D eigenvalue weighted by Crippen LogP contribution is -2.28. The molecule has 0 aliphatic carbocycles. The molecule has 148 valence electrons. The van der Waals surface area contributed by atoms with Crippen molar-refractivity contribution >= 4 is 39.1 Å². The summed E-state index contributed by atoms with van der Waals surface area (Å²) in [4.78, 5) is 26.7. The van der Waals surface area contributed by atoms with Gasteiger partial charge in [0, 0.05) is 28.7 Å². The van der Waals surface area contributed by atoms with Crippen LogP contribution in [0.15, 0.2) is 46.9 Å². The maximum Gasteiger partial charge on any atom is 0.229 e. The summed E-state index contributed by atoms with van der Waals surface area (Å²) in [6.45, 7) is 4.41. The maximum atomic E-state index is 12.7. The first-order valence-corrected chi connectivity index (χ1v) is 9.93. The van der Waals surface area contributed by atoms with Crippen molar-refractivity contribution in [2.75, 3.05) is 16.8 Å². The zero-order valence-electron chi connectivity index (χ0n) is 15.8. The summed E-state index contributed by atoms with van der Waals surface area (Å²) in [5.41, 5.74) is 1.93. The van der Waals surface area contributed by atoms with Crippen molar-refractivity contribution in [2.45, 2.75) is 33.0 Å². The quantitative estimate of drug-likeness (QED) is 0.655. The van der Waals surface area contributed by atoms with E-state index in [4.69, 9.17) is 4.74 Å². The summed E-state index contributed by atoms with van der Waals surface area (Å²) in [6, 6.07) is 12.3. The molecule has 0 bridgehead atoms.